The number of aryl methyl sites for hydroxylation is 1. The van der Waals surface area contributed by atoms with Crippen LogP contribution in [0, 0.1) is 0 Å². The molecule has 2 aliphatic rings. The van der Waals surface area contributed by atoms with Crippen molar-refractivity contribution in [3.8, 4) is 0 Å². The van der Waals surface area contributed by atoms with E-state index in [0.29, 0.717) is 13.0 Å². The van der Waals surface area contributed by atoms with Crippen LogP contribution in [0.25, 0.3) is 0 Å². The van der Waals surface area contributed by atoms with Crippen LogP contribution in [0.5, 0.6) is 0 Å². The lowest BCUT2D eigenvalue weighted by molar-refractivity contribution is -0.122. The van der Waals surface area contributed by atoms with Crippen molar-refractivity contribution in [1.29, 1.82) is 0 Å². The molecule has 1 aromatic heterocycles. The fraction of sp³-hybridized carbons (Fsp3) is 0.643. The number of carbonyl (C=O) groups excluding carboxylic acids is 2. The molecule has 7 heteroatoms. The second kappa shape index (κ2) is 6.15. The van der Waals surface area contributed by atoms with Crippen LogP contribution in [0.15, 0.2) is 12.4 Å². The summed E-state index contributed by atoms with van der Waals surface area (Å²) < 4.78 is 2.11. The molecular formula is C14H21N5O2. The highest BCUT2D eigenvalue weighted by Crippen LogP contribution is 2.13. The van der Waals surface area contributed by atoms with Crippen LogP contribution in [0.1, 0.15) is 31.5 Å². The first-order chi connectivity index (χ1) is 10.2. The number of hydrogen-bond donors (Lipinski definition) is 3. The summed E-state index contributed by atoms with van der Waals surface area (Å²) in [5.41, 5.74) is 0. The summed E-state index contributed by atoms with van der Waals surface area (Å²) in [6.45, 7) is 1.56. The van der Waals surface area contributed by atoms with E-state index < -0.39 is 6.04 Å². The molecule has 3 heterocycles. The highest BCUT2D eigenvalue weighted by Gasteiger charge is 2.25. The van der Waals surface area contributed by atoms with Crippen molar-refractivity contribution in [3.05, 3.63) is 18.2 Å². The molecule has 1 fully saturated rings. The highest BCUT2D eigenvalue weighted by atomic mass is 16.2. The Balaban J connectivity index is 1.51. The van der Waals surface area contributed by atoms with E-state index in [4.69, 9.17) is 0 Å². The number of carbonyl (C=O) groups is 2. The van der Waals surface area contributed by atoms with E-state index in [0.717, 1.165) is 38.1 Å². The van der Waals surface area contributed by atoms with E-state index in [-0.39, 0.29) is 18.0 Å². The van der Waals surface area contributed by atoms with Gasteiger partial charge < -0.3 is 20.5 Å². The third-order valence-corrected chi connectivity index (χ3v) is 4.12. The van der Waals surface area contributed by atoms with Crippen molar-refractivity contribution in [2.45, 2.75) is 50.7 Å². The van der Waals surface area contributed by atoms with E-state index in [1.807, 2.05) is 6.20 Å². The largest absolute Gasteiger partial charge is 0.354 e. The lowest BCUT2D eigenvalue weighted by Crippen LogP contribution is -2.52. The number of nitrogens with zero attached hydrogens (tertiary/aromatic N) is 2. The molecule has 0 saturated carbocycles. The molecule has 0 bridgehead atoms. The molecule has 114 valence electrons. The van der Waals surface area contributed by atoms with Crippen LogP contribution in [0.3, 0.4) is 0 Å². The van der Waals surface area contributed by atoms with Gasteiger partial charge in [0.25, 0.3) is 0 Å². The average molecular weight is 291 g/mol. The summed E-state index contributed by atoms with van der Waals surface area (Å²) in [7, 11) is 0. The van der Waals surface area contributed by atoms with Crippen molar-refractivity contribution in [2.75, 3.05) is 6.54 Å². The Hall–Kier alpha value is -2.05. The van der Waals surface area contributed by atoms with E-state index in [1.165, 1.54) is 0 Å². The van der Waals surface area contributed by atoms with Crippen LogP contribution in [-0.4, -0.2) is 40.1 Å². The third-order valence-electron chi connectivity index (χ3n) is 4.12. The third kappa shape index (κ3) is 3.34. The molecule has 2 unspecified atom stereocenters. The molecule has 0 aliphatic carbocycles. The van der Waals surface area contributed by atoms with Crippen LogP contribution in [0.2, 0.25) is 0 Å². The Kier molecular flexibility index (Phi) is 4.08. The van der Waals surface area contributed by atoms with Crippen LogP contribution in [0.4, 0.5) is 4.79 Å². The van der Waals surface area contributed by atoms with Gasteiger partial charge in [-0.15, -0.1) is 0 Å². The number of imidazole rings is 1. The molecule has 0 radical (unpaired) electrons. The lowest BCUT2D eigenvalue weighted by atomic mass is 10.1. The minimum Gasteiger partial charge on any atom is -0.354 e. The van der Waals surface area contributed by atoms with Crippen molar-refractivity contribution >= 4 is 11.9 Å². The normalized spacial score (nSPS) is 25.4. The zero-order chi connectivity index (χ0) is 14.7. The van der Waals surface area contributed by atoms with Crippen LogP contribution >= 0.6 is 0 Å². The molecule has 21 heavy (non-hydrogen) atoms. The summed E-state index contributed by atoms with van der Waals surface area (Å²) in [5.74, 6) is 0.917. The second-order valence-electron chi connectivity index (χ2n) is 5.68. The summed E-state index contributed by atoms with van der Waals surface area (Å²) in [6.07, 6.45) is 7.98. The quantitative estimate of drug-likeness (QED) is 0.725. The smallest absolute Gasteiger partial charge is 0.315 e. The maximum Gasteiger partial charge on any atom is 0.315 e. The van der Waals surface area contributed by atoms with Gasteiger partial charge in [-0.3, -0.25) is 4.79 Å². The summed E-state index contributed by atoms with van der Waals surface area (Å²) >= 11 is 0. The number of hydrogen-bond acceptors (Lipinski definition) is 3. The minimum atomic E-state index is -0.418. The SMILES string of the molecule is O=C(NC1CCn2ccnc2C1)NC1CCCCNC1=O. The number of aromatic nitrogens is 2. The first-order valence-corrected chi connectivity index (χ1v) is 7.57. The van der Waals surface area contributed by atoms with Gasteiger partial charge in [-0.1, -0.05) is 0 Å². The standard InChI is InChI=1S/C14H21N5O2/c20-13-11(3-1-2-5-16-13)18-14(21)17-10-4-7-19-8-6-15-12(19)9-10/h6,8,10-11H,1-5,7,9H2,(H,16,20)(H2,17,18,21). The van der Waals surface area contributed by atoms with Gasteiger partial charge in [0.1, 0.15) is 11.9 Å². The molecule has 3 rings (SSSR count). The van der Waals surface area contributed by atoms with Gasteiger partial charge in [0.15, 0.2) is 0 Å². The second-order valence-corrected chi connectivity index (χ2v) is 5.68. The minimum absolute atomic E-state index is 0.0775. The van der Waals surface area contributed by atoms with Crippen LogP contribution < -0.4 is 16.0 Å². The van der Waals surface area contributed by atoms with Crippen molar-refractivity contribution in [2.24, 2.45) is 0 Å². The first kappa shape index (κ1) is 13.9. The molecule has 0 spiro atoms. The van der Waals surface area contributed by atoms with Gasteiger partial charge >= 0.3 is 6.03 Å². The van der Waals surface area contributed by atoms with E-state index in [9.17, 15) is 9.59 Å². The number of fused-ring (bicyclic) bond motifs is 1. The fourth-order valence-electron chi connectivity index (χ4n) is 2.94. The highest BCUT2D eigenvalue weighted by molar-refractivity contribution is 5.87. The Morgan fingerprint density at radius 1 is 1.33 bits per heavy atom. The zero-order valence-electron chi connectivity index (χ0n) is 12.0. The molecule has 3 amide bonds. The molecule has 3 N–H and O–H groups in total. The monoisotopic (exact) mass is 291 g/mol. The molecule has 0 aromatic carbocycles. The maximum atomic E-state index is 12.1. The van der Waals surface area contributed by atoms with E-state index in [1.54, 1.807) is 6.20 Å². The van der Waals surface area contributed by atoms with Gasteiger partial charge in [0.2, 0.25) is 5.91 Å². The average Bonchev–Trinajstić information content (AvgIpc) is 2.84. The van der Waals surface area contributed by atoms with Gasteiger partial charge in [-0.25, -0.2) is 9.78 Å². The van der Waals surface area contributed by atoms with Gasteiger partial charge in [0, 0.05) is 37.9 Å². The molecule has 2 aliphatic heterocycles. The molecule has 7 nitrogen and oxygen atoms in total. The van der Waals surface area contributed by atoms with Crippen molar-refractivity contribution < 1.29 is 9.59 Å². The van der Waals surface area contributed by atoms with Gasteiger partial charge in [0.05, 0.1) is 0 Å². The Morgan fingerprint density at radius 2 is 2.24 bits per heavy atom. The number of amides is 3. The predicted molar refractivity (Wildman–Crippen MR) is 76.7 cm³/mol. The van der Waals surface area contributed by atoms with Crippen molar-refractivity contribution in [3.63, 3.8) is 0 Å². The molecule has 1 saturated heterocycles. The fourth-order valence-corrected chi connectivity index (χ4v) is 2.94. The Morgan fingerprint density at radius 3 is 3.14 bits per heavy atom. The summed E-state index contributed by atoms with van der Waals surface area (Å²) in [6, 6.07) is -0.603. The molecule has 2 atom stereocenters. The van der Waals surface area contributed by atoms with Gasteiger partial charge in [-0.05, 0) is 25.7 Å². The number of rotatable bonds is 2. The number of urea groups is 1. The Labute approximate surface area is 123 Å². The van der Waals surface area contributed by atoms with Gasteiger partial charge in [-0.2, -0.15) is 0 Å². The molecule has 1 aromatic rings. The van der Waals surface area contributed by atoms with E-state index in [2.05, 4.69) is 25.5 Å². The topological polar surface area (TPSA) is 88.1 Å². The summed E-state index contributed by atoms with van der Waals surface area (Å²) in [5, 5.41) is 8.56. The first-order valence-electron chi connectivity index (χ1n) is 7.57. The van der Waals surface area contributed by atoms with E-state index >= 15 is 0 Å². The van der Waals surface area contributed by atoms with Crippen molar-refractivity contribution in [1.82, 2.24) is 25.5 Å². The zero-order valence-corrected chi connectivity index (χ0v) is 12.0. The number of nitrogens with one attached hydrogen (secondary N) is 3. The predicted octanol–water partition coefficient (Wildman–Crippen LogP) is 0.166. The Bertz CT molecular complexity index is 527. The molecular weight excluding hydrogens is 270 g/mol. The lowest BCUT2D eigenvalue weighted by Gasteiger charge is -2.25. The maximum absolute atomic E-state index is 12.1. The summed E-state index contributed by atoms with van der Waals surface area (Å²) in [4.78, 5) is 28.1. The van der Waals surface area contributed by atoms with Crippen LogP contribution in [-0.2, 0) is 17.8 Å².